The second kappa shape index (κ2) is 79.3. The lowest BCUT2D eigenvalue weighted by Crippen LogP contribution is -2.45. The molecule has 0 radical (unpaired) electrons. The topological polar surface area (TPSA) is 95.9 Å². The Labute approximate surface area is 563 Å². The molecule has 0 bridgehead atoms. The second-order valence-electron chi connectivity index (χ2n) is 28.1. The summed E-state index contributed by atoms with van der Waals surface area (Å²) in [5.74, 6) is -0.0427. The third-order valence-electron chi connectivity index (χ3n) is 19.1. The zero-order valence-electron chi connectivity index (χ0n) is 60.9. The first-order valence-corrected chi connectivity index (χ1v) is 40.9. The van der Waals surface area contributed by atoms with E-state index in [-0.39, 0.29) is 18.5 Å². The van der Waals surface area contributed by atoms with Crippen LogP contribution in [0.3, 0.4) is 0 Å². The van der Waals surface area contributed by atoms with Gasteiger partial charge in [-0.1, -0.05) is 396 Å². The van der Waals surface area contributed by atoms with E-state index in [1.54, 1.807) is 6.08 Å². The van der Waals surface area contributed by atoms with Crippen LogP contribution in [-0.2, 0) is 14.3 Å². The van der Waals surface area contributed by atoms with Crippen LogP contribution in [-0.4, -0.2) is 47.4 Å². The van der Waals surface area contributed by atoms with E-state index >= 15 is 0 Å². The van der Waals surface area contributed by atoms with Crippen molar-refractivity contribution in [1.29, 1.82) is 0 Å². The van der Waals surface area contributed by atoms with E-state index in [4.69, 9.17) is 4.74 Å². The van der Waals surface area contributed by atoms with E-state index in [0.29, 0.717) is 19.4 Å². The average molecular weight is 1260 g/mol. The summed E-state index contributed by atoms with van der Waals surface area (Å²) in [6, 6.07) is -0.626. The van der Waals surface area contributed by atoms with Gasteiger partial charge in [0.25, 0.3) is 0 Å². The average Bonchev–Trinajstić information content (AvgIpc) is 3.60. The zero-order chi connectivity index (χ0) is 64.9. The van der Waals surface area contributed by atoms with Crippen LogP contribution in [0.5, 0.6) is 0 Å². The smallest absolute Gasteiger partial charge is 0.305 e. The SMILES string of the molecule is CCCCC/C=C\C/C=C\CCCCCCCCCCCC(=O)OCCCCCCCCCCCCCCCCCC/C=C\CCCCCCCCCCCCCCCCCCCC(=O)NC(CO)C(O)/C=C/CCCCCCCCCCCCCCCCC. The molecule has 0 aromatic carbocycles. The minimum absolute atomic E-state index is 0.0180. The molecule has 0 rings (SSSR count). The molecular weight excluding hydrogens is 1100 g/mol. The second-order valence-corrected chi connectivity index (χ2v) is 28.1. The van der Waals surface area contributed by atoms with E-state index in [1.807, 2.05) is 6.08 Å². The molecule has 90 heavy (non-hydrogen) atoms. The van der Waals surface area contributed by atoms with Crippen molar-refractivity contribution >= 4 is 11.9 Å². The predicted molar refractivity (Wildman–Crippen MR) is 398 cm³/mol. The Kier molecular flexibility index (Phi) is 77.3. The summed E-state index contributed by atoms with van der Waals surface area (Å²) in [6.07, 6.45) is 105. The fourth-order valence-corrected chi connectivity index (χ4v) is 12.8. The first-order valence-electron chi connectivity index (χ1n) is 40.9. The maximum absolute atomic E-state index is 12.5. The zero-order valence-corrected chi connectivity index (χ0v) is 60.9. The molecule has 2 unspecified atom stereocenters. The van der Waals surface area contributed by atoms with E-state index in [9.17, 15) is 19.8 Å². The number of rotatable bonds is 77. The van der Waals surface area contributed by atoms with Crippen LogP contribution < -0.4 is 5.32 Å². The Hall–Kier alpha value is -2.18. The normalized spacial score (nSPS) is 12.7. The molecule has 0 aliphatic heterocycles. The van der Waals surface area contributed by atoms with Gasteiger partial charge in [-0.15, -0.1) is 0 Å². The maximum Gasteiger partial charge on any atom is 0.305 e. The lowest BCUT2D eigenvalue weighted by molar-refractivity contribution is -0.143. The first-order chi connectivity index (χ1) is 44.5. The summed E-state index contributed by atoms with van der Waals surface area (Å²) in [7, 11) is 0. The molecule has 6 heteroatoms. The first kappa shape index (κ1) is 87.8. The van der Waals surface area contributed by atoms with E-state index in [0.717, 1.165) is 51.4 Å². The molecule has 2 atom stereocenters. The van der Waals surface area contributed by atoms with Gasteiger partial charge in [-0.2, -0.15) is 0 Å². The molecule has 0 aliphatic carbocycles. The van der Waals surface area contributed by atoms with Gasteiger partial charge in [0.1, 0.15) is 0 Å². The van der Waals surface area contributed by atoms with Crippen molar-refractivity contribution in [3.63, 3.8) is 0 Å². The van der Waals surface area contributed by atoms with Crippen molar-refractivity contribution in [2.45, 2.75) is 463 Å². The number of amides is 1. The van der Waals surface area contributed by atoms with Gasteiger partial charge in [0, 0.05) is 12.8 Å². The van der Waals surface area contributed by atoms with Crippen molar-refractivity contribution in [2.75, 3.05) is 13.2 Å². The minimum atomic E-state index is -0.842. The summed E-state index contributed by atoms with van der Waals surface area (Å²) >= 11 is 0. The van der Waals surface area contributed by atoms with Gasteiger partial charge in [0.2, 0.25) is 5.91 Å². The molecule has 0 aromatic heterocycles. The Morgan fingerprint density at radius 2 is 0.556 bits per heavy atom. The highest BCUT2D eigenvalue weighted by Gasteiger charge is 2.18. The van der Waals surface area contributed by atoms with E-state index in [1.165, 1.54) is 372 Å². The molecule has 530 valence electrons. The molecule has 0 heterocycles. The molecule has 0 saturated heterocycles. The van der Waals surface area contributed by atoms with Crippen molar-refractivity contribution in [2.24, 2.45) is 0 Å². The highest BCUT2D eigenvalue weighted by Crippen LogP contribution is 2.20. The van der Waals surface area contributed by atoms with E-state index in [2.05, 4.69) is 55.6 Å². The quantitative estimate of drug-likeness (QED) is 0.0320. The summed E-state index contributed by atoms with van der Waals surface area (Å²) in [5.41, 5.74) is 0. The number of aliphatic hydroxyl groups is 2. The lowest BCUT2D eigenvalue weighted by Gasteiger charge is -2.20. The number of aliphatic hydroxyl groups excluding tert-OH is 2. The van der Waals surface area contributed by atoms with Crippen LogP contribution in [0, 0.1) is 0 Å². The number of unbranched alkanes of at least 4 members (excludes halogenated alkanes) is 60. The van der Waals surface area contributed by atoms with Gasteiger partial charge in [-0.25, -0.2) is 0 Å². The van der Waals surface area contributed by atoms with Gasteiger partial charge in [0.15, 0.2) is 0 Å². The van der Waals surface area contributed by atoms with Crippen LogP contribution in [0.1, 0.15) is 450 Å². The summed E-state index contributed by atoms with van der Waals surface area (Å²) in [6.45, 7) is 4.92. The Bertz CT molecular complexity index is 1500. The molecule has 3 N–H and O–H groups in total. The van der Waals surface area contributed by atoms with Crippen molar-refractivity contribution in [3.8, 4) is 0 Å². The molecular formula is C84H159NO5. The van der Waals surface area contributed by atoms with Crippen molar-refractivity contribution < 1.29 is 24.5 Å². The number of ether oxygens (including phenoxy) is 1. The van der Waals surface area contributed by atoms with Crippen LogP contribution in [0.25, 0.3) is 0 Å². The summed E-state index contributed by atoms with van der Waals surface area (Å²) < 4.78 is 5.52. The number of allylic oxidation sites excluding steroid dienone is 7. The number of nitrogens with one attached hydrogen (secondary N) is 1. The molecule has 0 aliphatic rings. The third-order valence-corrected chi connectivity index (χ3v) is 19.1. The molecule has 6 nitrogen and oxygen atoms in total. The van der Waals surface area contributed by atoms with Gasteiger partial charge < -0.3 is 20.3 Å². The van der Waals surface area contributed by atoms with Gasteiger partial charge in [-0.3, -0.25) is 9.59 Å². The predicted octanol–water partition coefficient (Wildman–Crippen LogP) is 27.2. The van der Waals surface area contributed by atoms with Crippen LogP contribution in [0.2, 0.25) is 0 Å². The largest absolute Gasteiger partial charge is 0.466 e. The maximum atomic E-state index is 12.5. The summed E-state index contributed by atoms with van der Waals surface area (Å²) in [5, 5.41) is 23.2. The molecule has 1 amide bonds. The van der Waals surface area contributed by atoms with Crippen molar-refractivity contribution in [1.82, 2.24) is 5.32 Å². The highest BCUT2D eigenvalue weighted by atomic mass is 16.5. The Morgan fingerprint density at radius 1 is 0.311 bits per heavy atom. The number of hydrogen-bond acceptors (Lipinski definition) is 5. The number of esters is 1. The number of carbonyl (C=O) groups excluding carboxylic acids is 2. The fraction of sp³-hybridized carbons (Fsp3) is 0.881. The van der Waals surface area contributed by atoms with Gasteiger partial charge in [0.05, 0.1) is 25.4 Å². The monoisotopic (exact) mass is 1260 g/mol. The standard InChI is InChI=1S/C84H159NO5/c1-3-5-7-9-11-13-15-17-19-21-41-46-50-54-58-62-66-70-74-78-84(89)90-79-75-71-67-63-59-55-51-47-43-40-38-36-34-32-30-28-26-24-22-23-25-27-29-31-33-35-37-39-42-45-49-53-57-61-65-69-73-77-83(88)85-81(80-86)82(87)76-72-68-64-60-56-52-48-44-20-18-16-14-12-10-8-6-4-2/h11,13,17,19,22,24,72,76,81-82,86-87H,3-10,12,14-16,18,20-21,23,25-71,73-75,77-80H2,1-2H3,(H,85,88)/b13-11-,19-17-,24-22-,76-72+. The Morgan fingerprint density at radius 3 is 0.878 bits per heavy atom. The Balaban J connectivity index is 3.34. The van der Waals surface area contributed by atoms with Crippen LogP contribution in [0.4, 0.5) is 0 Å². The number of carbonyl (C=O) groups is 2. The molecule has 0 saturated carbocycles. The lowest BCUT2D eigenvalue weighted by atomic mass is 10.0. The van der Waals surface area contributed by atoms with Crippen LogP contribution in [0.15, 0.2) is 48.6 Å². The van der Waals surface area contributed by atoms with Crippen LogP contribution >= 0.6 is 0 Å². The van der Waals surface area contributed by atoms with Gasteiger partial charge in [-0.05, 0) is 89.9 Å². The van der Waals surface area contributed by atoms with E-state index < -0.39 is 12.1 Å². The summed E-state index contributed by atoms with van der Waals surface area (Å²) in [4.78, 5) is 24.6. The molecule has 0 fully saturated rings. The molecule has 0 aromatic rings. The molecule has 0 spiro atoms. The number of hydrogen-bond donors (Lipinski definition) is 3. The third kappa shape index (κ3) is 74.9. The van der Waals surface area contributed by atoms with Gasteiger partial charge >= 0.3 is 5.97 Å². The highest BCUT2D eigenvalue weighted by molar-refractivity contribution is 5.76. The fourth-order valence-electron chi connectivity index (χ4n) is 12.8. The minimum Gasteiger partial charge on any atom is -0.466 e. The van der Waals surface area contributed by atoms with Crippen molar-refractivity contribution in [3.05, 3.63) is 48.6 Å².